The second-order valence-electron chi connectivity index (χ2n) is 6.75. The van der Waals surface area contributed by atoms with E-state index < -0.39 is 0 Å². The number of anilines is 1. The number of hydrogen-bond acceptors (Lipinski definition) is 3. The van der Waals surface area contributed by atoms with Gasteiger partial charge < -0.3 is 4.90 Å². The minimum atomic E-state index is -0.149. The number of halogens is 1. The lowest BCUT2D eigenvalue weighted by molar-refractivity contribution is 0.551. The summed E-state index contributed by atoms with van der Waals surface area (Å²) in [5, 5.41) is 3.21. The monoisotopic (exact) mass is 352 g/mol. The number of thiazole rings is 1. The molecule has 0 fully saturated rings. The number of hydrogen-bond donors (Lipinski definition) is 0. The van der Waals surface area contributed by atoms with Crippen LogP contribution < -0.4 is 4.90 Å². The van der Waals surface area contributed by atoms with Crippen molar-refractivity contribution in [2.75, 3.05) is 4.90 Å². The molecule has 2 nitrogen and oxygen atoms in total. The molecular weight excluding hydrogens is 331 g/mol. The predicted molar refractivity (Wildman–Crippen MR) is 103 cm³/mol. The van der Waals surface area contributed by atoms with Crippen molar-refractivity contribution in [1.82, 2.24) is 4.98 Å². The fraction of sp³-hybridized carbons (Fsp3) is 0.286. The van der Waals surface area contributed by atoms with Crippen LogP contribution in [0, 0.1) is 12.7 Å². The van der Waals surface area contributed by atoms with E-state index in [1.807, 2.05) is 6.07 Å². The molecule has 3 aromatic rings. The van der Waals surface area contributed by atoms with E-state index in [1.165, 1.54) is 11.1 Å². The third-order valence-corrected chi connectivity index (χ3v) is 5.90. The van der Waals surface area contributed by atoms with E-state index in [-0.39, 0.29) is 5.82 Å². The fourth-order valence-electron chi connectivity index (χ4n) is 3.52. The Hall–Kier alpha value is -2.20. The van der Waals surface area contributed by atoms with Gasteiger partial charge in [-0.1, -0.05) is 24.3 Å². The maximum absolute atomic E-state index is 13.5. The lowest BCUT2D eigenvalue weighted by atomic mass is 9.96. The van der Waals surface area contributed by atoms with Crippen LogP contribution in [0.3, 0.4) is 0 Å². The van der Waals surface area contributed by atoms with Crippen LogP contribution in [0.5, 0.6) is 0 Å². The van der Waals surface area contributed by atoms with Gasteiger partial charge in [0.05, 0.1) is 12.2 Å². The summed E-state index contributed by atoms with van der Waals surface area (Å²) in [6.07, 6.45) is 1.99. The van der Waals surface area contributed by atoms with Gasteiger partial charge in [0.2, 0.25) is 0 Å². The molecule has 4 rings (SSSR count). The molecular formula is C21H21FN2S. The molecule has 25 heavy (non-hydrogen) atoms. The molecule has 1 aliphatic rings. The molecule has 0 aliphatic carbocycles. The number of rotatable bonds is 3. The quantitative estimate of drug-likeness (QED) is 0.610. The van der Waals surface area contributed by atoms with E-state index in [4.69, 9.17) is 4.98 Å². The second-order valence-corrected chi connectivity index (χ2v) is 7.61. The second kappa shape index (κ2) is 6.60. The minimum Gasteiger partial charge on any atom is -0.363 e. The van der Waals surface area contributed by atoms with Gasteiger partial charge in [0.25, 0.3) is 0 Å². The molecule has 4 heteroatoms. The fourth-order valence-corrected chi connectivity index (χ4v) is 4.42. The van der Waals surface area contributed by atoms with Crippen LogP contribution in [-0.4, -0.2) is 11.0 Å². The first kappa shape index (κ1) is 16.3. The van der Waals surface area contributed by atoms with Gasteiger partial charge in [-0.15, -0.1) is 11.3 Å². The highest BCUT2D eigenvalue weighted by atomic mass is 32.1. The van der Waals surface area contributed by atoms with Crippen molar-refractivity contribution >= 4 is 17.0 Å². The standard InChI is InChI=1S/C21H21FN2S/c1-14-5-3-4-6-19(14)21-23-18(13-25-21)12-24-15(2)7-8-16-11-17(22)9-10-20(16)24/h3-6,9-11,13,15H,7-8,12H2,1-2H3. The molecule has 0 saturated heterocycles. The Labute approximate surface area is 152 Å². The third-order valence-electron chi connectivity index (χ3n) is 4.97. The van der Waals surface area contributed by atoms with Crippen LogP contribution in [0.1, 0.15) is 30.2 Å². The van der Waals surface area contributed by atoms with Crippen molar-refractivity contribution < 1.29 is 4.39 Å². The smallest absolute Gasteiger partial charge is 0.123 e. The van der Waals surface area contributed by atoms with Gasteiger partial charge in [-0.3, -0.25) is 0 Å². The van der Waals surface area contributed by atoms with Crippen molar-refractivity contribution in [3.63, 3.8) is 0 Å². The highest BCUT2D eigenvalue weighted by Gasteiger charge is 2.24. The molecule has 0 saturated carbocycles. The summed E-state index contributed by atoms with van der Waals surface area (Å²) in [7, 11) is 0. The van der Waals surface area contributed by atoms with Crippen molar-refractivity contribution in [3.8, 4) is 10.6 Å². The number of nitrogens with zero attached hydrogens (tertiary/aromatic N) is 2. The zero-order valence-corrected chi connectivity index (χ0v) is 15.3. The van der Waals surface area contributed by atoms with Gasteiger partial charge in [-0.25, -0.2) is 9.37 Å². The summed E-state index contributed by atoms with van der Waals surface area (Å²) in [5.74, 6) is -0.149. The number of aromatic nitrogens is 1. The van der Waals surface area contributed by atoms with Crippen LogP contribution in [-0.2, 0) is 13.0 Å². The molecule has 2 aromatic carbocycles. The summed E-state index contributed by atoms with van der Waals surface area (Å²) in [6, 6.07) is 13.9. The normalized spacial score (nSPS) is 16.8. The largest absolute Gasteiger partial charge is 0.363 e. The first-order valence-electron chi connectivity index (χ1n) is 8.67. The average molecular weight is 352 g/mol. The lowest BCUT2D eigenvalue weighted by Crippen LogP contribution is -2.36. The van der Waals surface area contributed by atoms with E-state index >= 15 is 0 Å². The zero-order valence-electron chi connectivity index (χ0n) is 14.5. The molecule has 0 bridgehead atoms. The molecule has 0 spiro atoms. The van der Waals surface area contributed by atoms with E-state index in [9.17, 15) is 4.39 Å². The first-order chi connectivity index (χ1) is 12.1. The predicted octanol–water partition coefficient (Wildman–Crippen LogP) is 5.60. The molecule has 0 radical (unpaired) electrons. The van der Waals surface area contributed by atoms with Gasteiger partial charge in [-0.05, 0) is 56.0 Å². The van der Waals surface area contributed by atoms with Crippen LogP contribution in [0.25, 0.3) is 10.6 Å². The lowest BCUT2D eigenvalue weighted by Gasteiger charge is -2.36. The van der Waals surface area contributed by atoms with Crippen molar-refractivity contribution in [3.05, 3.63) is 70.5 Å². The van der Waals surface area contributed by atoms with Crippen molar-refractivity contribution in [2.45, 2.75) is 39.3 Å². The third kappa shape index (κ3) is 3.19. The summed E-state index contributed by atoms with van der Waals surface area (Å²) in [6.45, 7) is 5.12. The van der Waals surface area contributed by atoms with Gasteiger partial charge >= 0.3 is 0 Å². The van der Waals surface area contributed by atoms with Gasteiger partial charge in [-0.2, -0.15) is 0 Å². The first-order valence-corrected chi connectivity index (χ1v) is 9.55. The highest BCUT2D eigenvalue weighted by Crippen LogP contribution is 2.33. The van der Waals surface area contributed by atoms with Crippen LogP contribution in [0.15, 0.2) is 47.8 Å². The van der Waals surface area contributed by atoms with Gasteiger partial charge in [0.15, 0.2) is 0 Å². The summed E-state index contributed by atoms with van der Waals surface area (Å²) in [4.78, 5) is 7.22. The Kier molecular flexibility index (Phi) is 4.30. The Morgan fingerprint density at radius 1 is 1.24 bits per heavy atom. The van der Waals surface area contributed by atoms with Crippen molar-refractivity contribution in [2.24, 2.45) is 0 Å². The van der Waals surface area contributed by atoms with E-state index in [2.05, 4.69) is 48.4 Å². The number of benzene rings is 2. The molecule has 0 N–H and O–H groups in total. The minimum absolute atomic E-state index is 0.149. The van der Waals surface area contributed by atoms with Crippen molar-refractivity contribution in [1.29, 1.82) is 0 Å². The van der Waals surface area contributed by atoms with Gasteiger partial charge in [0.1, 0.15) is 10.8 Å². The van der Waals surface area contributed by atoms with E-state index in [0.717, 1.165) is 41.3 Å². The Morgan fingerprint density at radius 3 is 2.92 bits per heavy atom. The number of aryl methyl sites for hydroxylation is 2. The topological polar surface area (TPSA) is 16.1 Å². The van der Waals surface area contributed by atoms with Crippen LogP contribution in [0.2, 0.25) is 0 Å². The summed E-state index contributed by atoms with van der Waals surface area (Å²) >= 11 is 1.69. The molecule has 128 valence electrons. The van der Waals surface area contributed by atoms with Crippen LogP contribution in [0.4, 0.5) is 10.1 Å². The molecule has 1 atom stereocenters. The molecule has 0 amide bonds. The molecule has 1 aromatic heterocycles. The molecule has 1 aliphatic heterocycles. The van der Waals surface area contributed by atoms with E-state index in [1.54, 1.807) is 23.5 Å². The SMILES string of the molecule is Cc1ccccc1-c1nc(CN2c3ccc(F)cc3CCC2C)cs1. The summed E-state index contributed by atoms with van der Waals surface area (Å²) < 4.78 is 13.5. The highest BCUT2D eigenvalue weighted by molar-refractivity contribution is 7.13. The maximum atomic E-state index is 13.5. The average Bonchev–Trinajstić information content (AvgIpc) is 3.06. The Morgan fingerprint density at radius 2 is 2.08 bits per heavy atom. The maximum Gasteiger partial charge on any atom is 0.123 e. The zero-order chi connectivity index (χ0) is 17.4. The Balaban J connectivity index is 1.62. The molecule has 1 unspecified atom stereocenters. The Bertz CT molecular complexity index is 902. The van der Waals surface area contributed by atoms with Gasteiger partial charge in [0, 0.05) is 22.7 Å². The summed E-state index contributed by atoms with van der Waals surface area (Å²) in [5.41, 5.74) is 5.77. The number of fused-ring (bicyclic) bond motifs is 1. The van der Waals surface area contributed by atoms with E-state index in [0.29, 0.717) is 6.04 Å². The van der Waals surface area contributed by atoms with Crippen LogP contribution >= 0.6 is 11.3 Å². The molecule has 2 heterocycles.